The normalized spacial score (nSPS) is 10.1. The zero-order valence-electron chi connectivity index (χ0n) is 7.34. The number of anilines is 2. The van der Waals surface area contributed by atoms with Gasteiger partial charge in [0.15, 0.2) is 6.39 Å². The first-order valence-corrected chi connectivity index (χ1v) is 4.06. The van der Waals surface area contributed by atoms with Crippen molar-refractivity contribution in [3.05, 3.63) is 30.5 Å². The van der Waals surface area contributed by atoms with Crippen LogP contribution in [-0.2, 0) is 6.54 Å². The lowest BCUT2D eigenvalue weighted by molar-refractivity contribution is 0.574. The summed E-state index contributed by atoms with van der Waals surface area (Å²) >= 11 is 0. The van der Waals surface area contributed by atoms with Crippen LogP contribution in [0.5, 0.6) is 0 Å². The molecule has 0 aliphatic carbocycles. The minimum atomic E-state index is 0.383. The lowest BCUT2D eigenvalue weighted by atomic mass is 10.4. The van der Waals surface area contributed by atoms with Crippen molar-refractivity contribution < 1.29 is 4.42 Å². The van der Waals surface area contributed by atoms with E-state index in [0.717, 1.165) is 5.69 Å². The van der Waals surface area contributed by atoms with E-state index >= 15 is 0 Å². The molecule has 0 radical (unpaired) electrons. The maximum absolute atomic E-state index is 5.44. The Kier molecular flexibility index (Phi) is 2.37. The van der Waals surface area contributed by atoms with E-state index < -0.39 is 0 Å². The number of aromatic nitrogens is 3. The fraction of sp³-hybridized carbons (Fsp3) is 0.125. The molecule has 0 saturated heterocycles. The summed E-state index contributed by atoms with van der Waals surface area (Å²) in [5, 5.41) is 2.85. The molecule has 0 spiro atoms. The molecule has 0 amide bonds. The van der Waals surface area contributed by atoms with E-state index in [9.17, 15) is 0 Å². The van der Waals surface area contributed by atoms with E-state index in [4.69, 9.17) is 10.2 Å². The van der Waals surface area contributed by atoms with Gasteiger partial charge in [-0.05, 0) is 6.07 Å². The minimum Gasteiger partial charge on any atom is -0.428 e. The number of oxazole rings is 1. The number of nitrogens with two attached hydrogens (primary N) is 1. The predicted molar refractivity (Wildman–Crippen MR) is 49.7 cm³/mol. The molecule has 2 aromatic rings. The molecule has 14 heavy (non-hydrogen) atoms. The zero-order chi connectivity index (χ0) is 9.80. The number of hydrogen-bond donors (Lipinski definition) is 2. The van der Waals surface area contributed by atoms with Gasteiger partial charge in [0, 0.05) is 12.7 Å². The van der Waals surface area contributed by atoms with Crippen LogP contribution in [0.2, 0.25) is 0 Å². The number of rotatable bonds is 3. The van der Waals surface area contributed by atoms with Gasteiger partial charge in [-0.1, -0.05) is 0 Å². The topological polar surface area (TPSA) is 89.9 Å². The minimum absolute atomic E-state index is 0.383. The van der Waals surface area contributed by atoms with E-state index in [1.54, 1.807) is 18.5 Å². The third-order valence-electron chi connectivity index (χ3n) is 1.59. The fourth-order valence-corrected chi connectivity index (χ4v) is 0.958. The van der Waals surface area contributed by atoms with Gasteiger partial charge in [0.1, 0.15) is 0 Å². The van der Waals surface area contributed by atoms with Crippen molar-refractivity contribution in [3.8, 4) is 0 Å². The summed E-state index contributed by atoms with van der Waals surface area (Å²) in [6.45, 7) is 0.383. The van der Waals surface area contributed by atoms with Gasteiger partial charge in [-0.3, -0.25) is 5.32 Å². The second-order valence-electron chi connectivity index (χ2n) is 2.57. The van der Waals surface area contributed by atoms with Gasteiger partial charge < -0.3 is 10.2 Å². The Morgan fingerprint density at radius 1 is 1.50 bits per heavy atom. The fourth-order valence-electron chi connectivity index (χ4n) is 0.958. The van der Waals surface area contributed by atoms with Crippen molar-refractivity contribution in [3.63, 3.8) is 0 Å². The lowest BCUT2D eigenvalue weighted by Crippen LogP contribution is -2.03. The van der Waals surface area contributed by atoms with Crippen LogP contribution in [-0.4, -0.2) is 15.0 Å². The van der Waals surface area contributed by atoms with Gasteiger partial charge in [-0.2, -0.15) is 0 Å². The number of hydrogen-bond acceptors (Lipinski definition) is 6. The molecular formula is C8H9N5O. The molecule has 6 heteroatoms. The van der Waals surface area contributed by atoms with Gasteiger partial charge in [0.25, 0.3) is 0 Å². The van der Waals surface area contributed by atoms with E-state index in [2.05, 4.69) is 20.3 Å². The first-order valence-electron chi connectivity index (χ1n) is 4.06. The monoisotopic (exact) mass is 191 g/mol. The largest absolute Gasteiger partial charge is 0.428 e. The van der Waals surface area contributed by atoms with E-state index in [1.165, 1.54) is 6.39 Å². The molecule has 2 aromatic heterocycles. The summed E-state index contributed by atoms with van der Waals surface area (Å²) < 4.78 is 4.98. The zero-order valence-corrected chi connectivity index (χ0v) is 7.34. The Bertz CT molecular complexity index is 400. The highest BCUT2D eigenvalue weighted by Gasteiger charge is 2.00. The summed E-state index contributed by atoms with van der Waals surface area (Å²) in [6.07, 6.45) is 4.50. The molecule has 0 aliphatic rings. The Hall–Kier alpha value is -1.95. The van der Waals surface area contributed by atoms with Crippen LogP contribution in [0.15, 0.2) is 29.3 Å². The van der Waals surface area contributed by atoms with Crippen molar-refractivity contribution in [2.24, 2.45) is 5.73 Å². The molecule has 2 rings (SSSR count). The van der Waals surface area contributed by atoms with Crippen LogP contribution in [0.25, 0.3) is 0 Å². The van der Waals surface area contributed by atoms with Crippen LogP contribution >= 0.6 is 0 Å². The summed E-state index contributed by atoms with van der Waals surface area (Å²) in [6, 6.07) is 1.76. The Balaban J connectivity index is 2.17. The van der Waals surface area contributed by atoms with Crippen molar-refractivity contribution in [1.29, 1.82) is 0 Å². The molecule has 0 saturated carbocycles. The molecule has 0 atom stereocenters. The highest BCUT2D eigenvalue weighted by molar-refractivity contribution is 5.43. The molecule has 0 bridgehead atoms. The molecule has 3 N–H and O–H groups in total. The van der Waals surface area contributed by atoms with Crippen LogP contribution in [0, 0.1) is 0 Å². The summed E-state index contributed by atoms with van der Waals surface area (Å²) in [5.74, 6) is 0.948. The number of nitrogens with one attached hydrogen (secondary N) is 1. The average molecular weight is 191 g/mol. The summed E-state index contributed by atoms with van der Waals surface area (Å²) in [7, 11) is 0. The SMILES string of the molecule is NCc1ccnc(Nc2cnco2)n1. The maximum atomic E-state index is 5.44. The first-order chi connectivity index (χ1) is 6.88. The van der Waals surface area contributed by atoms with Gasteiger partial charge in [0.2, 0.25) is 11.8 Å². The van der Waals surface area contributed by atoms with E-state index in [-0.39, 0.29) is 0 Å². The van der Waals surface area contributed by atoms with Crippen molar-refractivity contribution >= 4 is 11.8 Å². The lowest BCUT2D eigenvalue weighted by Gasteiger charge is -2.01. The molecule has 0 unspecified atom stereocenters. The highest BCUT2D eigenvalue weighted by Crippen LogP contribution is 2.10. The standard InChI is InChI=1S/C8H9N5O/c9-3-6-1-2-11-8(12-6)13-7-4-10-5-14-7/h1-2,4-5H,3,9H2,(H,11,12,13). The molecular weight excluding hydrogens is 182 g/mol. The van der Waals surface area contributed by atoms with Gasteiger partial charge in [0.05, 0.1) is 11.9 Å². The van der Waals surface area contributed by atoms with E-state index in [0.29, 0.717) is 18.4 Å². The third-order valence-corrected chi connectivity index (χ3v) is 1.59. The summed E-state index contributed by atoms with van der Waals surface area (Å²) in [5.41, 5.74) is 6.20. The van der Waals surface area contributed by atoms with Crippen molar-refractivity contribution in [2.45, 2.75) is 6.54 Å². The predicted octanol–water partition coefficient (Wildman–Crippen LogP) is 0.667. The highest BCUT2D eigenvalue weighted by atomic mass is 16.4. The maximum Gasteiger partial charge on any atom is 0.229 e. The van der Waals surface area contributed by atoms with Gasteiger partial charge in [-0.25, -0.2) is 15.0 Å². The third kappa shape index (κ3) is 1.86. The second kappa shape index (κ2) is 3.84. The molecule has 72 valence electrons. The van der Waals surface area contributed by atoms with Gasteiger partial charge in [-0.15, -0.1) is 0 Å². The number of nitrogens with zero attached hydrogens (tertiary/aromatic N) is 3. The van der Waals surface area contributed by atoms with Crippen molar-refractivity contribution in [2.75, 3.05) is 5.32 Å². The second-order valence-corrected chi connectivity index (χ2v) is 2.57. The van der Waals surface area contributed by atoms with Crippen LogP contribution in [0.1, 0.15) is 5.69 Å². The van der Waals surface area contributed by atoms with E-state index in [1.807, 2.05) is 0 Å². The van der Waals surface area contributed by atoms with Crippen LogP contribution in [0.4, 0.5) is 11.8 Å². The Labute approximate surface area is 80.2 Å². The Morgan fingerprint density at radius 3 is 3.14 bits per heavy atom. The quantitative estimate of drug-likeness (QED) is 0.740. The van der Waals surface area contributed by atoms with Crippen LogP contribution in [0.3, 0.4) is 0 Å². The summed E-state index contributed by atoms with van der Waals surface area (Å²) in [4.78, 5) is 11.9. The molecule has 6 nitrogen and oxygen atoms in total. The molecule has 0 aliphatic heterocycles. The van der Waals surface area contributed by atoms with Crippen LogP contribution < -0.4 is 11.1 Å². The Morgan fingerprint density at radius 2 is 2.43 bits per heavy atom. The molecule has 0 aromatic carbocycles. The average Bonchev–Trinajstić information content (AvgIpc) is 2.71. The van der Waals surface area contributed by atoms with Gasteiger partial charge >= 0.3 is 0 Å². The first kappa shape index (κ1) is 8.64. The van der Waals surface area contributed by atoms with Crippen molar-refractivity contribution in [1.82, 2.24) is 15.0 Å². The molecule has 0 fully saturated rings. The smallest absolute Gasteiger partial charge is 0.229 e. The molecule has 2 heterocycles.